The maximum atomic E-state index is 12.6. The van der Waals surface area contributed by atoms with Crippen molar-refractivity contribution in [2.45, 2.75) is 251 Å². The van der Waals surface area contributed by atoms with Gasteiger partial charge in [-0.25, -0.2) is 4.57 Å². The van der Waals surface area contributed by atoms with Gasteiger partial charge in [-0.15, -0.1) is 0 Å². The SMILES string of the molecule is CCCCCC/C=C\CCCCCCCC(=O)OC(COCCCCCCCCCCCCCCCCCCCCCCCCCC)COP(=O)(O)OCCN. The van der Waals surface area contributed by atoms with E-state index in [1.54, 1.807) is 0 Å². The Labute approximate surface area is 347 Å². The lowest BCUT2D eigenvalue weighted by Gasteiger charge is -2.20. The molecule has 0 radical (unpaired) electrons. The molecule has 56 heavy (non-hydrogen) atoms. The van der Waals surface area contributed by atoms with E-state index in [0.29, 0.717) is 13.0 Å². The molecule has 0 aliphatic rings. The van der Waals surface area contributed by atoms with Crippen molar-refractivity contribution in [1.29, 1.82) is 0 Å². The molecule has 0 aromatic heterocycles. The number of carbonyl (C=O) groups is 1. The van der Waals surface area contributed by atoms with Crippen molar-refractivity contribution in [3.8, 4) is 0 Å². The molecule has 0 aliphatic carbocycles. The van der Waals surface area contributed by atoms with Gasteiger partial charge >= 0.3 is 13.8 Å². The fraction of sp³-hybridized carbons (Fsp3) is 0.936. The van der Waals surface area contributed by atoms with Crippen LogP contribution < -0.4 is 5.73 Å². The first-order valence-corrected chi connectivity index (χ1v) is 25.7. The fourth-order valence-corrected chi connectivity index (χ4v) is 7.88. The van der Waals surface area contributed by atoms with E-state index in [0.717, 1.165) is 44.9 Å². The van der Waals surface area contributed by atoms with Crippen molar-refractivity contribution in [3.05, 3.63) is 12.2 Å². The monoisotopic (exact) mass is 816 g/mol. The summed E-state index contributed by atoms with van der Waals surface area (Å²) in [7, 11) is -4.27. The molecular formula is C47H94NO7P. The van der Waals surface area contributed by atoms with Crippen LogP contribution in [0.1, 0.15) is 245 Å². The standard InChI is InChI=1S/C47H94NO7P/c1-3-5-7-9-11-13-15-17-18-19-20-21-22-23-24-25-26-27-29-31-33-35-37-39-42-52-44-46(45-54-56(50,51)53-43-41-48)55-47(49)40-38-36-34-32-30-28-16-14-12-10-8-6-4-2/h14,16,46H,3-13,15,17-45,48H2,1-2H3,(H,50,51)/b16-14-. The summed E-state index contributed by atoms with van der Waals surface area (Å²) in [6.45, 7) is 4.95. The van der Waals surface area contributed by atoms with Crippen molar-refractivity contribution < 1.29 is 32.8 Å². The Kier molecular flexibility index (Phi) is 44.7. The van der Waals surface area contributed by atoms with Gasteiger partial charge in [0, 0.05) is 19.6 Å². The summed E-state index contributed by atoms with van der Waals surface area (Å²) >= 11 is 0. The van der Waals surface area contributed by atoms with Crippen molar-refractivity contribution >= 4 is 13.8 Å². The smallest absolute Gasteiger partial charge is 0.457 e. The molecule has 0 spiro atoms. The van der Waals surface area contributed by atoms with E-state index in [4.69, 9.17) is 24.3 Å². The minimum Gasteiger partial charge on any atom is -0.457 e. The number of phosphoric acid groups is 1. The molecule has 0 saturated heterocycles. The molecular weight excluding hydrogens is 721 g/mol. The highest BCUT2D eigenvalue weighted by atomic mass is 31.2. The fourth-order valence-electron chi connectivity index (χ4n) is 7.11. The molecule has 0 fully saturated rings. The van der Waals surface area contributed by atoms with E-state index in [1.807, 2.05) is 0 Å². The van der Waals surface area contributed by atoms with E-state index >= 15 is 0 Å². The first kappa shape index (κ1) is 55.2. The molecule has 0 bridgehead atoms. The lowest BCUT2D eigenvalue weighted by atomic mass is 10.0. The Balaban J connectivity index is 3.86. The molecule has 3 N–H and O–H groups in total. The highest BCUT2D eigenvalue weighted by Crippen LogP contribution is 2.43. The highest BCUT2D eigenvalue weighted by Gasteiger charge is 2.25. The molecule has 9 heteroatoms. The minimum atomic E-state index is -4.27. The zero-order valence-electron chi connectivity index (χ0n) is 37.1. The molecule has 334 valence electrons. The van der Waals surface area contributed by atoms with Crippen LogP contribution in [0.15, 0.2) is 12.2 Å². The average molecular weight is 816 g/mol. The molecule has 0 rings (SSSR count). The predicted octanol–water partition coefficient (Wildman–Crippen LogP) is 14.6. The maximum Gasteiger partial charge on any atom is 0.472 e. The van der Waals surface area contributed by atoms with E-state index in [9.17, 15) is 14.3 Å². The topological polar surface area (TPSA) is 117 Å². The van der Waals surface area contributed by atoms with Gasteiger partial charge in [0.25, 0.3) is 0 Å². The Morgan fingerprint density at radius 2 is 0.893 bits per heavy atom. The van der Waals surface area contributed by atoms with Gasteiger partial charge in [0.05, 0.1) is 19.8 Å². The van der Waals surface area contributed by atoms with Gasteiger partial charge in [0.2, 0.25) is 0 Å². The van der Waals surface area contributed by atoms with Crippen LogP contribution in [0.2, 0.25) is 0 Å². The van der Waals surface area contributed by atoms with Crippen LogP contribution >= 0.6 is 7.82 Å². The Morgan fingerprint density at radius 1 is 0.518 bits per heavy atom. The van der Waals surface area contributed by atoms with Crippen molar-refractivity contribution in [3.63, 3.8) is 0 Å². The van der Waals surface area contributed by atoms with Crippen LogP contribution in [0.3, 0.4) is 0 Å². The number of hydrogen-bond acceptors (Lipinski definition) is 7. The second kappa shape index (κ2) is 45.3. The number of carbonyl (C=O) groups excluding carboxylic acids is 1. The minimum absolute atomic E-state index is 0.0936. The van der Waals surface area contributed by atoms with Crippen molar-refractivity contribution in [1.82, 2.24) is 0 Å². The molecule has 0 heterocycles. The van der Waals surface area contributed by atoms with Gasteiger partial charge in [-0.2, -0.15) is 0 Å². The van der Waals surface area contributed by atoms with Crippen LogP contribution in [-0.2, 0) is 27.9 Å². The van der Waals surface area contributed by atoms with Crippen molar-refractivity contribution in [2.75, 3.05) is 33.0 Å². The lowest BCUT2D eigenvalue weighted by molar-refractivity contribution is -0.154. The van der Waals surface area contributed by atoms with E-state index in [-0.39, 0.29) is 32.3 Å². The second-order valence-electron chi connectivity index (χ2n) is 16.3. The largest absolute Gasteiger partial charge is 0.472 e. The van der Waals surface area contributed by atoms with Crippen LogP contribution in [0.4, 0.5) is 0 Å². The zero-order valence-corrected chi connectivity index (χ0v) is 38.0. The van der Waals surface area contributed by atoms with Gasteiger partial charge in [0.15, 0.2) is 0 Å². The maximum absolute atomic E-state index is 12.6. The summed E-state index contributed by atoms with van der Waals surface area (Å²) in [5.41, 5.74) is 5.38. The number of phosphoric ester groups is 1. The average Bonchev–Trinajstić information content (AvgIpc) is 3.19. The Morgan fingerprint density at radius 3 is 1.32 bits per heavy atom. The molecule has 0 aromatic carbocycles. The Bertz CT molecular complexity index is 873. The molecule has 2 unspecified atom stereocenters. The normalized spacial score (nSPS) is 13.4. The lowest BCUT2D eigenvalue weighted by Crippen LogP contribution is -2.28. The molecule has 0 aromatic rings. The Hall–Kier alpha value is -0.760. The van der Waals surface area contributed by atoms with Gasteiger partial charge in [-0.05, 0) is 38.5 Å². The van der Waals surface area contributed by atoms with Gasteiger partial charge in [-0.3, -0.25) is 13.8 Å². The van der Waals surface area contributed by atoms with Gasteiger partial charge in [-0.1, -0.05) is 212 Å². The predicted molar refractivity (Wildman–Crippen MR) is 238 cm³/mol. The van der Waals surface area contributed by atoms with E-state index in [2.05, 4.69) is 26.0 Å². The number of allylic oxidation sites excluding steroid dienone is 2. The first-order valence-electron chi connectivity index (χ1n) is 24.2. The number of ether oxygens (including phenoxy) is 2. The summed E-state index contributed by atoms with van der Waals surface area (Å²) < 4.78 is 33.5. The number of rotatable bonds is 47. The number of esters is 1. The van der Waals surface area contributed by atoms with Crippen LogP contribution in [0, 0.1) is 0 Å². The summed E-state index contributed by atoms with van der Waals surface area (Å²) in [5, 5.41) is 0. The highest BCUT2D eigenvalue weighted by molar-refractivity contribution is 7.47. The third-order valence-corrected chi connectivity index (χ3v) is 11.7. The molecule has 8 nitrogen and oxygen atoms in total. The molecule has 0 aliphatic heterocycles. The van der Waals surface area contributed by atoms with Crippen LogP contribution in [-0.4, -0.2) is 49.9 Å². The second-order valence-corrected chi connectivity index (χ2v) is 17.8. The third kappa shape index (κ3) is 44.3. The molecule has 0 saturated carbocycles. The summed E-state index contributed by atoms with van der Waals surface area (Å²) in [6, 6.07) is 0. The van der Waals surface area contributed by atoms with Gasteiger partial charge < -0.3 is 20.1 Å². The van der Waals surface area contributed by atoms with Gasteiger partial charge in [0.1, 0.15) is 6.10 Å². The van der Waals surface area contributed by atoms with E-state index < -0.39 is 13.9 Å². The summed E-state index contributed by atoms with van der Waals surface area (Å²) in [5.74, 6) is -0.335. The zero-order chi connectivity index (χ0) is 40.9. The van der Waals surface area contributed by atoms with Crippen LogP contribution in [0.5, 0.6) is 0 Å². The third-order valence-electron chi connectivity index (χ3n) is 10.7. The number of unbranched alkanes of at least 4 members (excludes halogenated alkanes) is 32. The van der Waals surface area contributed by atoms with Crippen LogP contribution in [0.25, 0.3) is 0 Å². The number of nitrogens with two attached hydrogens (primary N) is 1. The summed E-state index contributed by atoms with van der Waals surface area (Å²) in [6.07, 6.45) is 49.6. The molecule has 0 amide bonds. The first-order chi connectivity index (χ1) is 27.4. The quantitative estimate of drug-likeness (QED) is 0.0270. The van der Waals surface area contributed by atoms with Crippen molar-refractivity contribution in [2.24, 2.45) is 5.73 Å². The van der Waals surface area contributed by atoms with E-state index in [1.165, 1.54) is 180 Å². The number of hydrogen-bond donors (Lipinski definition) is 2. The summed E-state index contributed by atoms with van der Waals surface area (Å²) in [4.78, 5) is 22.5. The molecule has 2 atom stereocenters.